The van der Waals surface area contributed by atoms with Crippen LogP contribution < -0.4 is 5.32 Å². The van der Waals surface area contributed by atoms with Crippen molar-refractivity contribution in [3.05, 3.63) is 0 Å². The highest BCUT2D eigenvalue weighted by Crippen LogP contribution is 2.17. The lowest BCUT2D eigenvalue weighted by molar-refractivity contribution is -0.0699. The second kappa shape index (κ2) is 3.78. The number of alkyl halides is 3. The Balaban J connectivity index is 2.34. The molecule has 0 aromatic heterocycles. The van der Waals surface area contributed by atoms with Crippen molar-refractivity contribution in [1.82, 2.24) is 10.2 Å². The molecule has 1 heterocycles. The first kappa shape index (κ1) is 10.7. The molecule has 1 aliphatic rings. The molecule has 0 aliphatic carbocycles. The van der Waals surface area contributed by atoms with Gasteiger partial charge in [-0.25, -0.2) is 4.79 Å². The highest BCUT2D eigenvalue weighted by molar-refractivity contribution is 5.74. The summed E-state index contributed by atoms with van der Waals surface area (Å²) in [5.41, 5.74) is 0. The number of hydrogen-bond acceptors (Lipinski definition) is 1. The summed E-state index contributed by atoms with van der Waals surface area (Å²) in [5.74, 6) is 2.91. The second-order valence-electron chi connectivity index (χ2n) is 2.92. The zero-order chi connectivity index (χ0) is 10.8. The number of amides is 2. The van der Waals surface area contributed by atoms with E-state index in [1.165, 1.54) is 17.9 Å². The lowest BCUT2D eigenvalue weighted by Gasteiger charge is -2.35. The van der Waals surface area contributed by atoms with Gasteiger partial charge in [0.15, 0.2) is 0 Å². The Labute approximate surface area is 79.3 Å². The van der Waals surface area contributed by atoms with Gasteiger partial charge in [0.05, 0.1) is 5.92 Å². The fourth-order valence-corrected chi connectivity index (χ4v) is 1.08. The van der Waals surface area contributed by atoms with Crippen LogP contribution in [0.5, 0.6) is 0 Å². The van der Waals surface area contributed by atoms with E-state index in [2.05, 4.69) is 11.2 Å². The van der Waals surface area contributed by atoms with Crippen molar-refractivity contribution in [3.63, 3.8) is 0 Å². The Morgan fingerprint density at radius 3 is 2.50 bits per heavy atom. The highest BCUT2D eigenvalue weighted by Gasteiger charge is 2.30. The lowest BCUT2D eigenvalue weighted by atomic mass is 10.0. The summed E-state index contributed by atoms with van der Waals surface area (Å²) in [7, 11) is 1.47. The number of carbonyl (C=O) groups excluding carboxylic acids is 1. The molecule has 1 N–H and O–H groups in total. The fourth-order valence-electron chi connectivity index (χ4n) is 1.08. The average Bonchev–Trinajstić information content (AvgIpc) is 1.98. The van der Waals surface area contributed by atoms with Gasteiger partial charge in [0.1, 0.15) is 0 Å². The Kier molecular flexibility index (Phi) is 2.89. The van der Waals surface area contributed by atoms with Gasteiger partial charge in [-0.15, -0.1) is 0 Å². The predicted octanol–water partition coefficient (Wildman–Crippen LogP) is 0.823. The molecule has 14 heavy (non-hydrogen) atoms. The van der Waals surface area contributed by atoms with Crippen molar-refractivity contribution < 1.29 is 18.0 Å². The topological polar surface area (TPSA) is 32.3 Å². The molecule has 1 rings (SSSR count). The molecule has 1 fully saturated rings. The van der Waals surface area contributed by atoms with Crippen LogP contribution in [-0.4, -0.2) is 37.2 Å². The van der Waals surface area contributed by atoms with Crippen molar-refractivity contribution in [2.45, 2.75) is 6.18 Å². The van der Waals surface area contributed by atoms with E-state index < -0.39 is 6.18 Å². The molecule has 3 nitrogen and oxygen atoms in total. The lowest BCUT2D eigenvalue weighted by Crippen LogP contribution is -2.52. The number of likely N-dealkylation sites (tertiary alicyclic amines) is 1. The van der Waals surface area contributed by atoms with Gasteiger partial charge < -0.3 is 10.2 Å². The maximum atomic E-state index is 11.6. The average molecular weight is 206 g/mol. The van der Waals surface area contributed by atoms with Crippen molar-refractivity contribution in [2.75, 3.05) is 20.1 Å². The quantitative estimate of drug-likeness (QED) is 0.585. The second-order valence-corrected chi connectivity index (χ2v) is 2.92. The molecule has 2 amide bonds. The van der Waals surface area contributed by atoms with E-state index in [9.17, 15) is 18.0 Å². The fraction of sp³-hybridized carbons (Fsp3) is 0.625. The van der Waals surface area contributed by atoms with Crippen LogP contribution in [0.15, 0.2) is 0 Å². The van der Waals surface area contributed by atoms with Crippen molar-refractivity contribution in [1.29, 1.82) is 0 Å². The van der Waals surface area contributed by atoms with E-state index >= 15 is 0 Å². The van der Waals surface area contributed by atoms with Gasteiger partial charge in [0.2, 0.25) is 0 Å². The molecular formula is C8H9F3N2O. The first-order valence-electron chi connectivity index (χ1n) is 3.98. The molecule has 0 aromatic rings. The summed E-state index contributed by atoms with van der Waals surface area (Å²) in [6.45, 7) is 0.533. The largest absolute Gasteiger partial charge is 0.457 e. The molecular weight excluding hydrogens is 197 g/mol. The third-order valence-corrected chi connectivity index (χ3v) is 1.80. The standard InChI is InChI=1S/C8H9F3N2O/c1-12-7(14)13-4-6(5-13)2-3-8(9,10)11/h6H,4-5H2,1H3,(H,12,14). The van der Waals surface area contributed by atoms with E-state index in [4.69, 9.17) is 0 Å². The summed E-state index contributed by atoms with van der Waals surface area (Å²) >= 11 is 0. The van der Waals surface area contributed by atoms with Crippen LogP contribution in [0.3, 0.4) is 0 Å². The Morgan fingerprint density at radius 1 is 1.50 bits per heavy atom. The summed E-state index contributed by atoms with van der Waals surface area (Å²) in [4.78, 5) is 12.3. The summed E-state index contributed by atoms with van der Waals surface area (Å²) < 4.78 is 34.9. The molecule has 0 bridgehead atoms. The molecule has 0 aromatic carbocycles. The monoisotopic (exact) mass is 206 g/mol. The van der Waals surface area contributed by atoms with Gasteiger partial charge in [-0.05, 0) is 0 Å². The molecule has 0 unspecified atom stereocenters. The summed E-state index contributed by atoms with van der Waals surface area (Å²) in [5, 5.41) is 2.38. The molecule has 78 valence electrons. The minimum Gasteiger partial charge on any atom is -0.341 e. The number of nitrogens with zero attached hydrogens (tertiary/aromatic N) is 1. The van der Waals surface area contributed by atoms with Gasteiger partial charge >= 0.3 is 12.2 Å². The van der Waals surface area contributed by atoms with Crippen LogP contribution in [-0.2, 0) is 0 Å². The molecule has 6 heteroatoms. The van der Waals surface area contributed by atoms with Crippen LogP contribution in [0.4, 0.5) is 18.0 Å². The molecule has 0 saturated carbocycles. The van der Waals surface area contributed by atoms with E-state index in [1.54, 1.807) is 0 Å². The van der Waals surface area contributed by atoms with Crippen molar-refractivity contribution >= 4 is 6.03 Å². The number of hydrogen-bond donors (Lipinski definition) is 1. The molecule has 0 spiro atoms. The van der Waals surface area contributed by atoms with Crippen LogP contribution in [0.2, 0.25) is 0 Å². The Hall–Kier alpha value is -1.38. The third-order valence-electron chi connectivity index (χ3n) is 1.80. The Morgan fingerprint density at radius 2 is 2.07 bits per heavy atom. The molecule has 1 aliphatic heterocycles. The Bertz CT molecular complexity index is 283. The van der Waals surface area contributed by atoms with Crippen molar-refractivity contribution in [3.8, 4) is 11.8 Å². The molecule has 0 radical (unpaired) electrons. The van der Waals surface area contributed by atoms with Crippen LogP contribution >= 0.6 is 0 Å². The van der Waals surface area contributed by atoms with E-state index in [0.717, 1.165) is 0 Å². The van der Waals surface area contributed by atoms with E-state index in [1.807, 2.05) is 0 Å². The van der Waals surface area contributed by atoms with Crippen LogP contribution in [0, 0.1) is 17.8 Å². The van der Waals surface area contributed by atoms with Crippen molar-refractivity contribution in [2.24, 2.45) is 5.92 Å². The highest BCUT2D eigenvalue weighted by atomic mass is 19.4. The maximum absolute atomic E-state index is 11.6. The molecule has 1 saturated heterocycles. The summed E-state index contributed by atoms with van der Waals surface area (Å²) in [6.07, 6.45) is -4.44. The van der Waals surface area contributed by atoms with E-state index in [0.29, 0.717) is 0 Å². The van der Waals surface area contributed by atoms with Crippen LogP contribution in [0.1, 0.15) is 0 Å². The number of carbonyl (C=O) groups is 1. The van der Waals surface area contributed by atoms with Gasteiger partial charge in [-0.1, -0.05) is 5.92 Å². The first-order chi connectivity index (χ1) is 6.42. The van der Waals surface area contributed by atoms with E-state index in [-0.39, 0.29) is 25.0 Å². The summed E-state index contributed by atoms with van der Waals surface area (Å²) in [6, 6.07) is -0.282. The number of urea groups is 1. The number of nitrogens with one attached hydrogen (secondary N) is 1. The van der Waals surface area contributed by atoms with Gasteiger partial charge in [-0.3, -0.25) is 0 Å². The van der Waals surface area contributed by atoms with Gasteiger partial charge in [-0.2, -0.15) is 13.2 Å². The normalized spacial score (nSPS) is 16.7. The van der Waals surface area contributed by atoms with Gasteiger partial charge in [0.25, 0.3) is 0 Å². The zero-order valence-electron chi connectivity index (χ0n) is 7.48. The number of rotatable bonds is 0. The minimum atomic E-state index is -4.44. The number of halogens is 3. The maximum Gasteiger partial charge on any atom is 0.457 e. The van der Waals surface area contributed by atoms with Gasteiger partial charge in [0, 0.05) is 26.1 Å². The smallest absolute Gasteiger partial charge is 0.341 e. The zero-order valence-corrected chi connectivity index (χ0v) is 7.48. The minimum absolute atomic E-state index is 0.267. The van der Waals surface area contributed by atoms with Crippen LogP contribution in [0.25, 0.3) is 0 Å². The third kappa shape index (κ3) is 2.83. The molecule has 0 atom stereocenters. The SMILES string of the molecule is CNC(=O)N1CC(C#CC(F)(F)F)C1. The predicted molar refractivity (Wildman–Crippen MR) is 43.3 cm³/mol. The first-order valence-corrected chi connectivity index (χ1v) is 3.98.